The molecule has 1 aliphatic heterocycles. The molecule has 1 aromatic rings. The summed E-state index contributed by atoms with van der Waals surface area (Å²) in [5, 5.41) is 2.85. The summed E-state index contributed by atoms with van der Waals surface area (Å²) in [7, 11) is 3.85. The van der Waals surface area contributed by atoms with Crippen LogP contribution in [0.25, 0.3) is 0 Å². The minimum atomic E-state index is -0.394. The maximum atomic E-state index is 13.6. The molecule has 0 aliphatic carbocycles. The third-order valence-electron chi connectivity index (χ3n) is 3.14. The fourth-order valence-corrected chi connectivity index (χ4v) is 2.17. The number of fused-ring (bicyclic) bond motifs is 1. The minimum Gasteiger partial charge on any atom is -0.485 e. The molecular weight excluding hydrogens is 259 g/mol. The molecule has 4 nitrogen and oxygen atoms in total. The first-order chi connectivity index (χ1) is 9.49. The number of rotatable bonds is 4. The molecule has 1 heterocycles. The van der Waals surface area contributed by atoms with Crippen LogP contribution in [0, 0.1) is 5.82 Å². The number of benzene rings is 1. The summed E-state index contributed by atoms with van der Waals surface area (Å²) in [5.74, 6) is -0.360. The SMILES string of the molecule is CC1Oc2c(F)cccc2C1NC(=O)/C=C/CN(C)C. The number of nitrogens with one attached hydrogen (secondary N) is 1. The number of para-hydroxylation sites is 1. The number of carbonyl (C=O) groups is 1. The molecule has 2 atom stereocenters. The summed E-state index contributed by atoms with van der Waals surface area (Å²) in [4.78, 5) is 13.8. The summed E-state index contributed by atoms with van der Waals surface area (Å²) < 4.78 is 19.1. The smallest absolute Gasteiger partial charge is 0.244 e. The van der Waals surface area contributed by atoms with E-state index < -0.39 is 5.82 Å². The number of amides is 1. The van der Waals surface area contributed by atoms with Gasteiger partial charge in [-0.15, -0.1) is 0 Å². The van der Waals surface area contributed by atoms with Crippen LogP contribution >= 0.6 is 0 Å². The topological polar surface area (TPSA) is 41.6 Å². The molecule has 20 heavy (non-hydrogen) atoms. The second-order valence-corrected chi connectivity index (χ2v) is 5.13. The van der Waals surface area contributed by atoms with E-state index in [1.165, 1.54) is 12.1 Å². The van der Waals surface area contributed by atoms with Gasteiger partial charge in [0.1, 0.15) is 6.10 Å². The Balaban J connectivity index is 2.06. The molecule has 1 aromatic carbocycles. The van der Waals surface area contributed by atoms with Gasteiger partial charge >= 0.3 is 0 Å². The highest BCUT2D eigenvalue weighted by Gasteiger charge is 2.33. The van der Waals surface area contributed by atoms with E-state index >= 15 is 0 Å². The van der Waals surface area contributed by atoms with E-state index in [0.717, 1.165) is 0 Å². The number of nitrogens with zero attached hydrogens (tertiary/aromatic N) is 1. The van der Waals surface area contributed by atoms with Crippen LogP contribution in [0.4, 0.5) is 4.39 Å². The lowest BCUT2D eigenvalue weighted by Gasteiger charge is -2.15. The Kier molecular flexibility index (Phi) is 4.39. The summed E-state index contributed by atoms with van der Waals surface area (Å²) in [6, 6.07) is 4.43. The molecule has 5 heteroatoms. The average Bonchev–Trinajstić information content (AvgIpc) is 2.68. The Bertz CT molecular complexity index is 529. The Morgan fingerprint density at radius 1 is 1.50 bits per heavy atom. The number of hydrogen-bond acceptors (Lipinski definition) is 3. The van der Waals surface area contributed by atoms with Gasteiger partial charge in [0.05, 0.1) is 6.04 Å². The molecule has 0 aromatic heterocycles. The zero-order valence-electron chi connectivity index (χ0n) is 11.9. The molecule has 1 aliphatic rings. The van der Waals surface area contributed by atoms with Crippen molar-refractivity contribution in [3.63, 3.8) is 0 Å². The van der Waals surface area contributed by atoms with E-state index in [9.17, 15) is 9.18 Å². The fraction of sp³-hybridized carbons (Fsp3) is 0.400. The monoisotopic (exact) mass is 278 g/mol. The number of halogens is 1. The maximum Gasteiger partial charge on any atom is 0.244 e. The summed E-state index contributed by atoms with van der Waals surface area (Å²) in [5.41, 5.74) is 0.687. The third kappa shape index (κ3) is 3.17. The van der Waals surface area contributed by atoms with Crippen molar-refractivity contribution in [2.24, 2.45) is 0 Å². The zero-order chi connectivity index (χ0) is 14.7. The van der Waals surface area contributed by atoms with Crippen molar-refractivity contribution in [2.75, 3.05) is 20.6 Å². The van der Waals surface area contributed by atoms with E-state index in [4.69, 9.17) is 4.74 Å². The first-order valence-corrected chi connectivity index (χ1v) is 6.56. The predicted molar refractivity (Wildman–Crippen MR) is 75.1 cm³/mol. The Hall–Kier alpha value is -1.88. The normalized spacial score (nSPS) is 21.1. The van der Waals surface area contributed by atoms with Crippen molar-refractivity contribution in [2.45, 2.75) is 19.1 Å². The molecule has 1 N–H and O–H groups in total. The van der Waals surface area contributed by atoms with E-state index in [-0.39, 0.29) is 23.8 Å². The van der Waals surface area contributed by atoms with Crippen LogP contribution in [-0.4, -0.2) is 37.6 Å². The van der Waals surface area contributed by atoms with Crippen LogP contribution in [0.1, 0.15) is 18.5 Å². The van der Waals surface area contributed by atoms with Crippen molar-refractivity contribution in [1.29, 1.82) is 0 Å². The van der Waals surface area contributed by atoms with Crippen LogP contribution in [0.2, 0.25) is 0 Å². The van der Waals surface area contributed by atoms with Crippen molar-refractivity contribution in [1.82, 2.24) is 10.2 Å². The summed E-state index contributed by atoms with van der Waals surface area (Å²) in [6.45, 7) is 2.50. The van der Waals surface area contributed by atoms with Crippen LogP contribution in [0.3, 0.4) is 0 Å². The third-order valence-corrected chi connectivity index (χ3v) is 3.14. The summed E-state index contributed by atoms with van der Waals surface area (Å²) >= 11 is 0. The molecule has 2 rings (SSSR count). The first kappa shape index (κ1) is 14.5. The predicted octanol–water partition coefficient (Wildman–Crippen LogP) is 1.88. The van der Waals surface area contributed by atoms with Crippen molar-refractivity contribution in [3.05, 3.63) is 41.7 Å². The quantitative estimate of drug-likeness (QED) is 0.855. The van der Waals surface area contributed by atoms with Crippen LogP contribution in [0.15, 0.2) is 30.4 Å². The van der Waals surface area contributed by atoms with E-state index in [0.29, 0.717) is 12.1 Å². The second-order valence-electron chi connectivity index (χ2n) is 5.13. The molecule has 0 saturated heterocycles. The minimum absolute atomic E-state index is 0.204. The van der Waals surface area contributed by atoms with Crippen molar-refractivity contribution >= 4 is 5.91 Å². The van der Waals surface area contributed by atoms with Gasteiger partial charge in [-0.25, -0.2) is 4.39 Å². The van der Waals surface area contributed by atoms with Gasteiger partial charge in [0, 0.05) is 18.2 Å². The van der Waals surface area contributed by atoms with Crippen LogP contribution < -0.4 is 10.1 Å². The van der Waals surface area contributed by atoms with Crippen LogP contribution in [-0.2, 0) is 4.79 Å². The Morgan fingerprint density at radius 2 is 2.25 bits per heavy atom. The number of hydrogen-bond donors (Lipinski definition) is 1. The highest BCUT2D eigenvalue weighted by Crippen LogP contribution is 2.38. The summed E-state index contributed by atoms with van der Waals surface area (Å²) in [6.07, 6.45) is 2.99. The lowest BCUT2D eigenvalue weighted by molar-refractivity contribution is -0.117. The highest BCUT2D eigenvalue weighted by molar-refractivity contribution is 5.88. The van der Waals surface area contributed by atoms with E-state index in [1.807, 2.05) is 25.9 Å². The molecule has 108 valence electrons. The van der Waals surface area contributed by atoms with Gasteiger partial charge in [-0.05, 0) is 27.1 Å². The molecule has 0 bridgehead atoms. The van der Waals surface area contributed by atoms with Gasteiger partial charge in [0.15, 0.2) is 11.6 Å². The Labute approximate surface area is 118 Å². The molecular formula is C15H19FN2O2. The largest absolute Gasteiger partial charge is 0.485 e. The molecule has 2 unspecified atom stereocenters. The van der Waals surface area contributed by atoms with E-state index in [1.54, 1.807) is 18.2 Å². The molecule has 1 amide bonds. The number of likely N-dealkylation sites (N-methyl/N-ethyl adjacent to an activating group) is 1. The fourth-order valence-electron chi connectivity index (χ4n) is 2.17. The van der Waals surface area contributed by atoms with E-state index in [2.05, 4.69) is 5.32 Å². The van der Waals surface area contributed by atoms with Crippen LogP contribution in [0.5, 0.6) is 5.75 Å². The standard InChI is InChI=1S/C15H19FN2O2/c1-10-14(17-13(19)8-5-9-18(2)3)11-6-4-7-12(16)15(11)20-10/h4-8,10,14H,9H2,1-3H3,(H,17,19)/b8-5+. The number of ether oxygens (including phenoxy) is 1. The lowest BCUT2D eigenvalue weighted by atomic mass is 10.0. The first-order valence-electron chi connectivity index (χ1n) is 6.56. The molecule has 0 radical (unpaired) electrons. The van der Waals surface area contributed by atoms with Gasteiger partial charge in [-0.1, -0.05) is 18.2 Å². The van der Waals surface area contributed by atoms with Crippen molar-refractivity contribution in [3.8, 4) is 5.75 Å². The van der Waals surface area contributed by atoms with Crippen molar-refractivity contribution < 1.29 is 13.9 Å². The molecule has 0 spiro atoms. The van der Waals surface area contributed by atoms with Gasteiger partial charge in [-0.3, -0.25) is 4.79 Å². The lowest BCUT2D eigenvalue weighted by Crippen LogP contribution is -2.32. The van der Waals surface area contributed by atoms with Gasteiger partial charge in [0.2, 0.25) is 5.91 Å². The van der Waals surface area contributed by atoms with Gasteiger partial charge in [0.25, 0.3) is 0 Å². The Morgan fingerprint density at radius 3 is 2.95 bits per heavy atom. The number of carbonyl (C=O) groups excluding carboxylic acids is 1. The van der Waals surface area contributed by atoms with Gasteiger partial charge in [-0.2, -0.15) is 0 Å². The van der Waals surface area contributed by atoms with Gasteiger partial charge < -0.3 is 15.0 Å². The zero-order valence-corrected chi connectivity index (χ0v) is 11.9. The second kappa shape index (κ2) is 6.05. The highest BCUT2D eigenvalue weighted by atomic mass is 19.1. The average molecular weight is 278 g/mol. The molecule has 0 saturated carbocycles. The maximum absolute atomic E-state index is 13.6. The molecule has 0 fully saturated rings.